The number of aromatic nitrogens is 1. The standard InChI is InChI=1S/C18H24F3N5S2/c1-12(26-7-4-14-13(10-26)5-8-27-14)9-24-17(22-2)23-6-3-16-25-15(11-28-16)18(19,20)21/h5,8,11-12H,3-4,6-7,9-10H2,1-2H3,(H2,22,23,24). The summed E-state index contributed by atoms with van der Waals surface area (Å²) in [6.45, 7) is 5.43. The Morgan fingerprint density at radius 1 is 1.36 bits per heavy atom. The number of hydrogen-bond acceptors (Lipinski definition) is 5. The van der Waals surface area contributed by atoms with Crippen molar-refractivity contribution in [3.8, 4) is 0 Å². The van der Waals surface area contributed by atoms with Crippen molar-refractivity contribution in [2.75, 3.05) is 26.7 Å². The summed E-state index contributed by atoms with van der Waals surface area (Å²) in [6.07, 6.45) is -2.86. The van der Waals surface area contributed by atoms with Crippen LogP contribution in [0.5, 0.6) is 0 Å². The van der Waals surface area contributed by atoms with Crippen molar-refractivity contribution in [3.63, 3.8) is 0 Å². The van der Waals surface area contributed by atoms with Gasteiger partial charge in [0.25, 0.3) is 0 Å². The lowest BCUT2D eigenvalue weighted by Gasteiger charge is -2.32. The second kappa shape index (κ2) is 9.23. The quantitative estimate of drug-likeness (QED) is 0.544. The molecule has 0 saturated carbocycles. The highest BCUT2D eigenvalue weighted by Gasteiger charge is 2.33. The molecule has 0 saturated heterocycles. The lowest BCUT2D eigenvalue weighted by atomic mass is 10.1. The van der Waals surface area contributed by atoms with E-state index in [9.17, 15) is 13.2 Å². The molecule has 1 unspecified atom stereocenters. The fraction of sp³-hybridized carbons (Fsp3) is 0.556. The van der Waals surface area contributed by atoms with Crippen LogP contribution in [0.2, 0.25) is 0 Å². The van der Waals surface area contributed by atoms with Gasteiger partial charge in [0.15, 0.2) is 11.7 Å². The third kappa shape index (κ3) is 5.45. The highest BCUT2D eigenvalue weighted by atomic mass is 32.1. The molecular formula is C18H24F3N5S2. The first-order chi connectivity index (χ1) is 13.4. The molecule has 1 atom stereocenters. The van der Waals surface area contributed by atoms with Crippen LogP contribution in [0.25, 0.3) is 0 Å². The molecule has 3 heterocycles. The molecule has 2 aromatic rings. The number of alkyl halides is 3. The number of nitrogens with one attached hydrogen (secondary N) is 2. The van der Waals surface area contributed by atoms with E-state index in [-0.39, 0.29) is 0 Å². The summed E-state index contributed by atoms with van der Waals surface area (Å²) < 4.78 is 37.8. The minimum atomic E-state index is -4.38. The molecule has 0 radical (unpaired) electrons. The van der Waals surface area contributed by atoms with Crippen LogP contribution in [0, 0.1) is 0 Å². The summed E-state index contributed by atoms with van der Waals surface area (Å²) in [4.78, 5) is 11.8. The second-order valence-corrected chi connectivity index (χ2v) is 8.64. The predicted octanol–water partition coefficient (Wildman–Crippen LogP) is 3.38. The number of nitrogens with zero attached hydrogens (tertiary/aromatic N) is 3. The van der Waals surface area contributed by atoms with Gasteiger partial charge in [-0.2, -0.15) is 13.2 Å². The topological polar surface area (TPSA) is 52.6 Å². The van der Waals surface area contributed by atoms with Crippen LogP contribution in [-0.4, -0.2) is 48.6 Å². The van der Waals surface area contributed by atoms with Crippen LogP contribution in [0.3, 0.4) is 0 Å². The molecule has 0 bridgehead atoms. The van der Waals surface area contributed by atoms with Gasteiger partial charge < -0.3 is 10.6 Å². The van der Waals surface area contributed by atoms with E-state index in [0.29, 0.717) is 30.0 Å². The molecule has 0 aromatic carbocycles. The highest BCUT2D eigenvalue weighted by Crippen LogP contribution is 2.30. The Morgan fingerprint density at radius 3 is 2.89 bits per heavy atom. The number of thiophene rings is 1. The second-order valence-electron chi connectivity index (χ2n) is 6.69. The van der Waals surface area contributed by atoms with Gasteiger partial charge in [-0.05, 0) is 30.4 Å². The Labute approximate surface area is 170 Å². The van der Waals surface area contributed by atoms with Crippen molar-refractivity contribution in [3.05, 3.63) is 38.0 Å². The summed E-state index contributed by atoms with van der Waals surface area (Å²) in [7, 11) is 1.68. The number of hydrogen-bond donors (Lipinski definition) is 2. The van der Waals surface area contributed by atoms with Gasteiger partial charge in [-0.25, -0.2) is 4.98 Å². The highest BCUT2D eigenvalue weighted by molar-refractivity contribution is 7.10. The molecule has 0 spiro atoms. The molecule has 1 aliphatic rings. The number of rotatable bonds is 6. The Hall–Kier alpha value is -1.65. The van der Waals surface area contributed by atoms with E-state index in [1.165, 1.54) is 10.4 Å². The van der Waals surface area contributed by atoms with Crippen LogP contribution in [0.1, 0.15) is 28.1 Å². The van der Waals surface area contributed by atoms with Crippen LogP contribution in [0.15, 0.2) is 21.8 Å². The number of aliphatic imine (C=N–C) groups is 1. The van der Waals surface area contributed by atoms with Crippen molar-refractivity contribution in [2.45, 2.75) is 38.5 Å². The Bertz CT molecular complexity index is 799. The van der Waals surface area contributed by atoms with Gasteiger partial charge in [0, 0.05) is 55.9 Å². The van der Waals surface area contributed by atoms with Gasteiger partial charge in [-0.15, -0.1) is 22.7 Å². The molecule has 2 N–H and O–H groups in total. The minimum absolute atomic E-state index is 0.347. The van der Waals surface area contributed by atoms with Crippen LogP contribution in [0.4, 0.5) is 13.2 Å². The third-order valence-electron chi connectivity index (χ3n) is 4.72. The van der Waals surface area contributed by atoms with Crippen molar-refractivity contribution < 1.29 is 13.2 Å². The Balaban J connectivity index is 1.40. The summed E-state index contributed by atoms with van der Waals surface area (Å²) in [6, 6.07) is 2.55. The smallest absolute Gasteiger partial charge is 0.356 e. The zero-order valence-electron chi connectivity index (χ0n) is 15.8. The molecular weight excluding hydrogens is 407 g/mol. The molecule has 5 nitrogen and oxygen atoms in total. The van der Waals surface area contributed by atoms with E-state index in [0.717, 1.165) is 42.8 Å². The molecule has 0 amide bonds. The Morgan fingerprint density at radius 2 is 2.18 bits per heavy atom. The van der Waals surface area contributed by atoms with Crippen LogP contribution in [-0.2, 0) is 25.6 Å². The maximum Gasteiger partial charge on any atom is 0.434 e. The molecule has 154 valence electrons. The first kappa shape index (κ1) is 21.1. The van der Waals surface area contributed by atoms with E-state index >= 15 is 0 Å². The lowest BCUT2D eigenvalue weighted by Crippen LogP contribution is -2.47. The zero-order valence-corrected chi connectivity index (χ0v) is 17.5. The normalized spacial score (nSPS) is 16.7. The third-order valence-corrected chi connectivity index (χ3v) is 6.65. The number of halogens is 3. The fourth-order valence-electron chi connectivity index (χ4n) is 3.08. The molecule has 1 aliphatic heterocycles. The molecule has 3 rings (SSSR count). The van der Waals surface area contributed by atoms with Crippen molar-refractivity contribution in [1.82, 2.24) is 20.5 Å². The zero-order chi connectivity index (χ0) is 20.1. The van der Waals surface area contributed by atoms with Crippen LogP contribution < -0.4 is 10.6 Å². The summed E-state index contributed by atoms with van der Waals surface area (Å²) in [5.74, 6) is 0.646. The Kier molecular flexibility index (Phi) is 6.95. The minimum Gasteiger partial charge on any atom is -0.356 e. The SMILES string of the molecule is CN=C(NCCc1nc(C(F)(F)F)cs1)NCC(C)N1CCc2sccc2C1. The number of thiazole rings is 1. The van der Waals surface area contributed by atoms with E-state index in [1.807, 2.05) is 11.3 Å². The number of fused-ring (bicyclic) bond motifs is 1. The molecule has 10 heteroatoms. The molecule has 0 fully saturated rings. The van der Waals surface area contributed by atoms with Crippen LogP contribution >= 0.6 is 22.7 Å². The van der Waals surface area contributed by atoms with Crippen molar-refractivity contribution in [2.24, 2.45) is 4.99 Å². The van der Waals surface area contributed by atoms with Crippen molar-refractivity contribution in [1.29, 1.82) is 0 Å². The fourth-order valence-corrected chi connectivity index (χ4v) is 4.78. The van der Waals surface area contributed by atoms with E-state index < -0.39 is 11.9 Å². The van der Waals surface area contributed by atoms with E-state index in [2.05, 4.69) is 43.9 Å². The predicted molar refractivity (Wildman–Crippen MR) is 108 cm³/mol. The van der Waals surface area contributed by atoms with Gasteiger partial charge in [-0.1, -0.05) is 0 Å². The molecule has 0 aliphatic carbocycles. The first-order valence-corrected chi connectivity index (χ1v) is 10.9. The average Bonchev–Trinajstić information content (AvgIpc) is 3.32. The maximum absolute atomic E-state index is 12.6. The molecule has 28 heavy (non-hydrogen) atoms. The molecule has 2 aromatic heterocycles. The number of guanidine groups is 1. The van der Waals surface area contributed by atoms with E-state index in [4.69, 9.17) is 0 Å². The lowest BCUT2D eigenvalue weighted by molar-refractivity contribution is -0.140. The van der Waals surface area contributed by atoms with Gasteiger partial charge in [0.2, 0.25) is 0 Å². The summed E-state index contributed by atoms with van der Waals surface area (Å²) >= 11 is 2.86. The largest absolute Gasteiger partial charge is 0.434 e. The summed E-state index contributed by atoms with van der Waals surface area (Å²) in [5, 5.41) is 10.1. The van der Waals surface area contributed by atoms with Gasteiger partial charge in [0.1, 0.15) is 0 Å². The monoisotopic (exact) mass is 431 g/mol. The average molecular weight is 432 g/mol. The van der Waals surface area contributed by atoms with Gasteiger partial charge >= 0.3 is 6.18 Å². The van der Waals surface area contributed by atoms with Gasteiger partial charge in [0.05, 0.1) is 5.01 Å². The van der Waals surface area contributed by atoms with Crippen molar-refractivity contribution >= 4 is 28.6 Å². The maximum atomic E-state index is 12.6. The summed E-state index contributed by atoms with van der Waals surface area (Å²) in [5.41, 5.74) is 0.603. The van der Waals surface area contributed by atoms with Gasteiger partial charge in [-0.3, -0.25) is 9.89 Å². The van der Waals surface area contributed by atoms with E-state index in [1.54, 1.807) is 7.05 Å². The first-order valence-electron chi connectivity index (χ1n) is 9.12.